The molecule has 18 heteroatoms. The topological polar surface area (TPSA) is 180 Å². The summed E-state index contributed by atoms with van der Waals surface area (Å²) in [5.41, 5.74) is 10.8. The first-order valence-corrected chi connectivity index (χ1v) is 29.9. The number of aryl methyl sites for hydroxylation is 1. The van der Waals surface area contributed by atoms with Gasteiger partial charge in [-0.25, -0.2) is 10.4 Å². The number of likely N-dealkylation sites (tertiary alicyclic amines) is 2. The van der Waals surface area contributed by atoms with Crippen molar-refractivity contribution in [2.24, 2.45) is 22.7 Å². The first-order valence-electron chi connectivity index (χ1n) is 29.1. The van der Waals surface area contributed by atoms with Crippen LogP contribution in [0.1, 0.15) is 115 Å². The number of benzene rings is 1. The Kier molecular flexibility index (Phi) is 14.3. The minimum atomic E-state index is -0.949. The van der Waals surface area contributed by atoms with E-state index in [2.05, 4.69) is 111 Å². The summed E-state index contributed by atoms with van der Waals surface area (Å²) in [6.45, 7) is 20.9. The molecule has 1 aromatic carbocycles. The number of rotatable bonds is 12. The number of cyclic esters (lactones) is 1. The van der Waals surface area contributed by atoms with Crippen LogP contribution in [0.3, 0.4) is 0 Å². The van der Waals surface area contributed by atoms with Crippen LogP contribution in [0, 0.1) is 22.7 Å². The van der Waals surface area contributed by atoms with Gasteiger partial charge in [0.05, 0.1) is 52.7 Å². The third-order valence-electron chi connectivity index (χ3n) is 18.5. The summed E-state index contributed by atoms with van der Waals surface area (Å²) in [5.74, 6) is -0.0504. The van der Waals surface area contributed by atoms with Gasteiger partial charge in [-0.2, -0.15) is 0 Å². The van der Waals surface area contributed by atoms with Gasteiger partial charge in [0.25, 0.3) is 5.91 Å². The van der Waals surface area contributed by atoms with Crippen LogP contribution >= 0.6 is 11.3 Å². The molecule has 7 atom stereocenters. The number of piperazine rings is 1. The van der Waals surface area contributed by atoms with Crippen LogP contribution in [0.2, 0.25) is 0 Å². The van der Waals surface area contributed by atoms with Crippen molar-refractivity contribution in [3.8, 4) is 22.5 Å². The molecule has 9 heterocycles. The Morgan fingerprint density at radius 1 is 0.974 bits per heavy atom. The molecule has 3 N–H and O–H groups in total. The molecule has 77 heavy (non-hydrogen) atoms. The smallest absolute Gasteiger partial charge is 0.324 e. The molecule has 8 aliphatic rings. The van der Waals surface area contributed by atoms with Gasteiger partial charge in [-0.15, -0.1) is 11.3 Å². The second-order valence-electron chi connectivity index (χ2n) is 25.1. The standard InChI is InChI=1S/C59H81N11O6S/c1-8-69-47-16-13-38-26-41(47)43(53(69)42-27-40(30-60-49(42)36(4)75-7)66-24-22-65(23-25-66)39-14-15-39)29-58(5,6)34-76-57(74)44-10-9-19-70(64-44)55(72)45(28-48-61-46(38)31-77-48)62-54(71)52(35(2)3)67-20-17-59(32-67)18-21-68(33-59)56(73)51-50(63-51)37-11-12-37/h13,16,26-27,30-31,35-37,39,44-45,50-52,63-64H,8-12,14-15,17-25,28-29,32-34H2,1-7H3,(H,62,71)/t36-,44-,45-,50+,51+,52-,59-/m0/s1. The van der Waals surface area contributed by atoms with Gasteiger partial charge in [0.1, 0.15) is 18.1 Å². The van der Waals surface area contributed by atoms with Crippen molar-refractivity contribution in [2.45, 2.75) is 155 Å². The number of carbonyl (C=O) groups excluding carboxylic acids is 4. The first-order chi connectivity index (χ1) is 37.1. The number of anilines is 1. The number of hydrogen-bond acceptors (Lipinski definition) is 14. The lowest BCUT2D eigenvalue weighted by Crippen LogP contribution is -2.62. The Balaban J connectivity index is 0.859. The molecule has 2 aliphatic carbocycles. The number of hydrazine groups is 1. The number of amides is 3. The monoisotopic (exact) mass is 1070 g/mol. The van der Waals surface area contributed by atoms with E-state index in [-0.39, 0.29) is 54.2 Å². The number of hydrogen-bond donors (Lipinski definition) is 3. The third-order valence-corrected chi connectivity index (χ3v) is 19.4. The average molecular weight is 1070 g/mol. The van der Waals surface area contributed by atoms with E-state index < -0.39 is 29.5 Å². The number of nitrogens with one attached hydrogen (secondary N) is 3. The van der Waals surface area contributed by atoms with Gasteiger partial charge in [-0.05, 0) is 114 Å². The maximum Gasteiger partial charge on any atom is 0.324 e. The van der Waals surface area contributed by atoms with E-state index in [0.717, 1.165) is 127 Å². The van der Waals surface area contributed by atoms with E-state index in [1.807, 2.05) is 6.20 Å². The van der Waals surface area contributed by atoms with E-state index in [4.69, 9.17) is 19.4 Å². The maximum atomic E-state index is 14.9. The molecule has 17 nitrogen and oxygen atoms in total. The van der Waals surface area contributed by atoms with Crippen LogP contribution in [-0.4, -0.2) is 167 Å². The van der Waals surface area contributed by atoms with Gasteiger partial charge >= 0.3 is 5.97 Å². The molecule has 3 amide bonds. The second kappa shape index (κ2) is 20.9. The molecule has 5 saturated heterocycles. The fourth-order valence-electron chi connectivity index (χ4n) is 13.8. The van der Waals surface area contributed by atoms with Crippen molar-refractivity contribution in [1.29, 1.82) is 0 Å². The molecule has 12 rings (SSSR count). The number of esters is 1. The number of pyridine rings is 1. The van der Waals surface area contributed by atoms with Crippen LogP contribution in [0.15, 0.2) is 35.8 Å². The van der Waals surface area contributed by atoms with Crippen molar-refractivity contribution in [3.63, 3.8) is 0 Å². The van der Waals surface area contributed by atoms with Gasteiger partial charge < -0.3 is 29.2 Å². The number of aromatic nitrogens is 3. The largest absolute Gasteiger partial charge is 0.464 e. The number of carbonyl (C=O) groups is 4. The highest BCUT2D eigenvalue weighted by atomic mass is 32.1. The predicted molar refractivity (Wildman–Crippen MR) is 298 cm³/mol. The van der Waals surface area contributed by atoms with E-state index >= 15 is 0 Å². The van der Waals surface area contributed by atoms with Gasteiger partial charge in [0, 0.05) is 123 Å². The van der Waals surface area contributed by atoms with Gasteiger partial charge in [-0.3, -0.25) is 44.3 Å². The lowest BCUT2D eigenvalue weighted by molar-refractivity contribution is -0.155. The lowest BCUT2D eigenvalue weighted by Gasteiger charge is -2.37. The summed E-state index contributed by atoms with van der Waals surface area (Å²) in [7, 11) is 1.74. The zero-order valence-electron chi connectivity index (χ0n) is 46.4. The Labute approximate surface area is 458 Å². The van der Waals surface area contributed by atoms with Crippen molar-refractivity contribution < 1.29 is 28.7 Å². The van der Waals surface area contributed by atoms with E-state index in [1.54, 1.807) is 7.11 Å². The molecule has 6 bridgehead atoms. The fraction of sp³-hybridized carbons (Fsp3) is 0.661. The normalized spacial score (nSPS) is 28.1. The molecule has 6 aliphatic heterocycles. The summed E-state index contributed by atoms with van der Waals surface area (Å²) in [6.07, 6.45) is 10.5. The minimum absolute atomic E-state index is 0.0338. The quantitative estimate of drug-likeness (QED) is 0.108. The highest BCUT2D eigenvalue weighted by molar-refractivity contribution is 7.10. The summed E-state index contributed by atoms with van der Waals surface area (Å²) in [5, 5.41) is 12.1. The lowest BCUT2D eigenvalue weighted by atomic mass is 9.84. The number of ether oxygens (including phenoxy) is 2. The third kappa shape index (κ3) is 10.6. The molecule has 0 unspecified atom stereocenters. The van der Waals surface area contributed by atoms with Crippen LogP contribution in [0.5, 0.6) is 0 Å². The van der Waals surface area contributed by atoms with E-state index in [9.17, 15) is 19.2 Å². The number of methoxy groups -OCH3 is 1. The molecule has 1 spiro atoms. The highest BCUT2D eigenvalue weighted by Crippen LogP contribution is 2.46. The Hall–Kier alpha value is -4.98. The summed E-state index contributed by atoms with van der Waals surface area (Å²) < 4.78 is 14.7. The van der Waals surface area contributed by atoms with E-state index in [1.165, 1.54) is 42.0 Å². The van der Waals surface area contributed by atoms with Crippen molar-refractivity contribution >= 4 is 51.6 Å². The molecule has 414 valence electrons. The number of nitrogens with zero attached hydrogens (tertiary/aromatic N) is 8. The molecule has 7 fully saturated rings. The van der Waals surface area contributed by atoms with Crippen LogP contribution < -0.4 is 21.0 Å². The SMILES string of the molecule is CCn1c(-c2cc(N3CCN(C4CC4)CC3)cnc2[C@H](C)OC)c2c3cc(ccc31)-c1csc(n1)C[C@H](NC(=O)[C@H](C(C)C)N1CC[C@]3(CCN(C(=O)[C@@H]4N[C@@H]4C4CC4)C3)C1)C(=O)N1CCC[C@H](N1)C(=O)OCC(C)(C)C2. The Morgan fingerprint density at radius 3 is 2.51 bits per heavy atom. The molecular formula is C59H81N11O6S. The summed E-state index contributed by atoms with van der Waals surface area (Å²) in [6, 6.07) is 7.83. The zero-order valence-corrected chi connectivity index (χ0v) is 47.3. The Morgan fingerprint density at radius 2 is 1.77 bits per heavy atom. The maximum absolute atomic E-state index is 14.9. The molecule has 4 aromatic rings. The molecular weight excluding hydrogens is 991 g/mol. The first kappa shape index (κ1) is 52.7. The van der Waals surface area contributed by atoms with Crippen LogP contribution in [-0.2, 0) is 48.0 Å². The second-order valence-corrected chi connectivity index (χ2v) is 26.1. The predicted octanol–water partition coefficient (Wildman–Crippen LogP) is 6.19. The highest BCUT2D eigenvalue weighted by Gasteiger charge is 2.55. The van der Waals surface area contributed by atoms with Gasteiger partial charge in [0.2, 0.25) is 11.8 Å². The average Bonchev–Trinajstić information content (AvgIpc) is 4.43. The van der Waals surface area contributed by atoms with Crippen molar-refractivity contribution in [1.82, 2.24) is 50.3 Å². The summed E-state index contributed by atoms with van der Waals surface area (Å²) >= 11 is 1.49. The van der Waals surface area contributed by atoms with Crippen LogP contribution in [0.4, 0.5) is 5.69 Å². The summed E-state index contributed by atoms with van der Waals surface area (Å²) in [4.78, 5) is 77.5. The number of fused-ring (bicyclic) bond motifs is 6. The molecule has 3 aromatic heterocycles. The Bertz CT molecular complexity index is 2900. The fourth-order valence-corrected chi connectivity index (χ4v) is 14.7. The molecule has 2 saturated carbocycles. The van der Waals surface area contributed by atoms with Crippen LogP contribution in [0.25, 0.3) is 33.4 Å². The van der Waals surface area contributed by atoms with E-state index in [0.29, 0.717) is 44.3 Å². The van der Waals surface area contributed by atoms with Gasteiger partial charge in [-0.1, -0.05) is 33.8 Å². The van der Waals surface area contributed by atoms with Crippen molar-refractivity contribution in [3.05, 3.63) is 52.1 Å². The minimum Gasteiger partial charge on any atom is -0.464 e. The zero-order chi connectivity index (χ0) is 53.5. The molecule has 0 radical (unpaired) electrons. The number of thiazole rings is 1. The van der Waals surface area contributed by atoms with Gasteiger partial charge in [0.15, 0.2) is 0 Å². The van der Waals surface area contributed by atoms with Crippen molar-refractivity contribution in [2.75, 3.05) is 77.5 Å².